The van der Waals surface area contributed by atoms with Crippen LogP contribution in [0.5, 0.6) is 0 Å². The highest BCUT2D eigenvalue weighted by Gasteiger charge is 2.18. The van der Waals surface area contributed by atoms with Gasteiger partial charge in [-0.25, -0.2) is 0 Å². The van der Waals surface area contributed by atoms with E-state index in [-0.39, 0.29) is 12.3 Å². The average Bonchev–Trinajstić information content (AvgIpc) is 2.19. The van der Waals surface area contributed by atoms with Crippen LogP contribution >= 0.6 is 0 Å². The molecule has 0 unspecified atom stereocenters. The smallest absolute Gasteiger partial charge is 0.223 e. The highest BCUT2D eigenvalue weighted by atomic mass is 16.2. The van der Waals surface area contributed by atoms with Gasteiger partial charge in [-0.15, -0.1) is 0 Å². The number of rotatable bonds is 3. The molecule has 0 N–H and O–H groups in total. The third-order valence-corrected chi connectivity index (χ3v) is 2.29. The van der Waals surface area contributed by atoms with Crippen molar-refractivity contribution in [3.05, 3.63) is 6.92 Å². The number of nitrogens with zero attached hydrogens (tertiary/aromatic N) is 1. The van der Waals surface area contributed by atoms with Gasteiger partial charge in [0.25, 0.3) is 0 Å². The second-order valence-corrected chi connectivity index (χ2v) is 3.45. The minimum atomic E-state index is -0.630. The van der Waals surface area contributed by atoms with E-state index in [1.54, 1.807) is 4.90 Å². The molecule has 72 valence electrons. The summed E-state index contributed by atoms with van der Waals surface area (Å²) < 4.78 is 0. The fourth-order valence-corrected chi connectivity index (χ4v) is 1.52. The quantitative estimate of drug-likeness (QED) is 0.607. The van der Waals surface area contributed by atoms with Crippen LogP contribution in [0.25, 0.3) is 0 Å². The van der Waals surface area contributed by atoms with Gasteiger partial charge in [0, 0.05) is 25.4 Å². The molecule has 1 heterocycles. The number of carbonyl (C=O) groups is 2. The Morgan fingerprint density at radius 1 is 1.38 bits per heavy atom. The monoisotopic (exact) mass is 181 g/mol. The van der Waals surface area contributed by atoms with Crippen molar-refractivity contribution in [1.29, 1.82) is 0 Å². The van der Waals surface area contributed by atoms with Crippen molar-refractivity contribution in [1.82, 2.24) is 4.90 Å². The molecule has 0 aliphatic carbocycles. The van der Waals surface area contributed by atoms with E-state index in [2.05, 4.69) is 0 Å². The molecule has 0 spiro atoms. The molecular weight excluding hydrogens is 166 g/mol. The van der Waals surface area contributed by atoms with Crippen molar-refractivity contribution in [2.75, 3.05) is 13.1 Å². The Balaban J connectivity index is 2.32. The first-order valence-corrected chi connectivity index (χ1v) is 4.72. The van der Waals surface area contributed by atoms with Crippen LogP contribution in [0, 0.1) is 12.8 Å². The van der Waals surface area contributed by atoms with Gasteiger partial charge in [0.15, 0.2) is 0 Å². The summed E-state index contributed by atoms with van der Waals surface area (Å²) in [6.07, 6.45) is 4.12. The number of likely N-dealkylation sites (tertiary alicyclic amines) is 1. The second kappa shape index (κ2) is 5.00. The summed E-state index contributed by atoms with van der Waals surface area (Å²) in [5.74, 6) is -0.617. The van der Waals surface area contributed by atoms with Crippen LogP contribution in [-0.2, 0) is 9.59 Å². The molecule has 3 heteroatoms. The predicted octanol–water partition coefficient (Wildman–Crippen LogP) is 0.915. The summed E-state index contributed by atoms with van der Waals surface area (Å²) in [7, 11) is 0. The topological polar surface area (TPSA) is 37.4 Å². The molecule has 1 saturated heterocycles. The van der Waals surface area contributed by atoms with E-state index in [4.69, 9.17) is 6.92 Å². The zero-order chi connectivity index (χ0) is 9.68. The summed E-state index contributed by atoms with van der Waals surface area (Å²) >= 11 is 0. The maximum atomic E-state index is 11.5. The first-order chi connectivity index (χ1) is 6.24. The Hall–Kier alpha value is -0.860. The highest BCUT2D eigenvalue weighted by molar-refractivity contribution is 5.79. The van der Waals surface area contributed by atoms with Crippen molar-refractivity contribution >= 4 is 12.2 Å². The lowest BCUT2D eigenvalue weighted by molar-refractivity contribution is -0.133. The Kier molecular flexibility index (Phi) is 3.93. The van der Waals surface area contributed by atoms with Crippen molar-refractivity contribution < 1.29 is 9.59 Å². The van der Waals surface area contributed by atoms with Gasteiger partial charge in [-0.2, -0.15) is 0 Å². The van der Waals surface area contributed by atoms with E-state index in [0.29, 0.717) is 6.29 Å². The molecule has 1 amide bonds. The van der Waals surface area contributed by atoms with E-state index in [1.807, 2.05) is 0 Å². The molecule has 1 fully saturated rings. The number of piperidine rings is 1. The van der Waals surface area contributed by atoms with Gasteiger partial charge in [0.2, 0.25) is 5.91 Å². The van der Waals surface area contributed by atoms with Gasteiger partial charge in [-0.1, -0.05) is 0 Å². The Morgan fingerprint density at radius 2 is 2.00 bits per heavy atom. The Bertz CT molecular complexity index is 185. The SMILES string of the molecule is [CH][C@H](C=O)CC(=O)N1CCCCC1. The zero-order valence-electron chi connectivity index (χ0n) is 7.74. The summed E-state index contributed by atoms with van der Waals surface area (Å²) in [5.41, 5.74) is 0. The lowest BCUT2D eigenvalue weighted by atomic mass is 10.1. The molecule has 13 heavy (non-hydrogen) atoms. The molecule has 0 bridgehead atoms. The van der Waals surface area contributed by atoms with E-state index < -0.39 is 5.92 Å². The molecule has 3 nitrogen and oxygen atoms in total. The van der Waals surface area contributed by atoms with Crippen LogP contribution in [0.4, 0.5) is 0 Å². The number of amides is 1. The van der Waals surface area contributed by atoms with Crippen molar-refractivity contribution in [2.45, 2.75) is 25.7 Å². The van der Waals surface area contributed by atoms with Gasteiger partial charge in [0.05, 0.1) is 0 Å². The molecule has 1 atom stereocenters. The fraction of sp³-hybridized carbons (Fsp3) is 0.700. The Morgan fingerprint density at radius 3 is 2.54 bits per heavy atom. The van der Waals surface area contributed by atoms with E-state index in [1.165, 1.54) is 6.42 Å². The minimum Gasteiger partial charge on any atom is -0.343 e. The minimum absolute atomic E-state index is 0.0132. The van der Waals surface area contributed by atoms with Crippen LogP contribution in [0.1, 0.15) is 25.7 Å². The van der Waals surface area contributed by atoms with Gasteiger partial charge in [-0.05, 0) is 26.2 Å². The molecular formula is C10H15NO2. The lowest BCUT2D eigenvalue weighted by Crippen LogP contribution is -2.36. The summed E-state index contributed by atoms with van der Waals surface area (Å²) in [6, 6.07) is 0. The Labute approximate surface area is 79.1 Å². The number of hydrogen-bond acceptors (Lipinski definition) is 2. The fourth-order valence-electron chi connectivity index (χ4n) is 1.52. The van der Waals surface area contributed by atoms with Crippen molar-refractivity contribution in [3.8, 4) is 0 Å². The molecule has 0 aromatic heterocycles. The highest BCUT2D eigenvalue weighted by Crippen LogP contribution is 2.11. The molecule has 1 rings (SSSR count). The first kappa shape index (κ1) is 10.2. The average molecular weight is 181 g/mol. The molecule has 1 aliphatic heterocycles. The number of aldehydes is 1. The standard InChI is InChI=1S/C10H15NO2/c1-9(8-12)7-10(13)11-5-3-2-4-6-11/h1,8-9H,2-7H2/t9-/m0/s1. The maximum Gasteiger partial charge on any atom is 0.223 e. The molecule has 2 radical (unpaired) electrons. The van der Waals surface area contributed by atoms with E-state index in [0.717, 1.165) is 25.9 Å². The van der Waals surface area contributed by atoms with Gasteiger partial charge < -0.3 is 9.69 Å². The van der Waals surface area contributed by atoms with Gasteiger partial charge in [-0.3, -0.25) is 4.79 Å². The van der Waals surface area contributed by atoms with Crippen molar-refractivity contribution in [3.63, 3.8) is 0 Å². The number of carbonyl (C=O) groups excluding carboxylic acids is 2. The zero-order valence-corrected chi connectivity index (χ0v) is 7.74. The summed E-state index contributed by atoms with van der Waals surface area (Å²) in [4.78, 5) is 23.5. The first-order valence-electron chi connectivity index (χ1n) is 4.72. The molecule has 0 aromatic rings. The molecule has 0 aromatic carbocycles. The summed E-state index contributed by atoms with van der Waals surface area (Å²) in [5, 5.41) is 0. The predicted molar refractivity (Wildman–Crippen MR) is 48.9 cm³/mol. The normalized spacial score (nSPS) is 19.6. The van der Waals surface area contributed by atoms with Crippen LogP contribution in [0.15, 0.2) is 0 Å². The van der Waals surface area contributed by atoms with Crippen LogP contribution in [0.2, 0.25) is 0 Å². The van der Waals surface area contributed by atoms with Crippen LogP contribution in [-0.4, -0.2) is 30.2 Å². The van der Waals surface area contributed by atoms with E-state index in [9.17, 15) is 9.59 Å². The van der Waals surface area contributed by atoms with E-state index >= 15 is 0 Å². The van der Waals surface area contributed by atoms with Gasteiger partial charge >= 0.3 is 0 Å². The maximum absolute atomic E-state index is 11.5. The van der Waals surface area contributed by atoms with Crippen LogP contribution < -0.4 is 0 Å². The van der Waals surface area contributed by atoms with Crippen LogP contribution in [0.3, 0.4) is 0 Å². The third kappa shape index (κ3) is 3.17. The molecule has 0 saturated carbocycles. The summed E-state index contributed by atoms with van der Waals surface area (Å²) in [6.45, 7) is 7.01. The van der Waals surface area contributed by atoms with Crippen molar-refractivity contribution in [2.24, 2.45) is 5.92 Å². The second-order valence-electron chi connectivity index (χ2n) is 3.45. The van der Waals surface area contributed by atoms with Gasteiger partial charge in [0.1, 0.15) is 6.29 Å². The number of hydrogen-bond donors (Lipinski definition) is 0. The third-order valence-electron chi connectivity index (χ3n) is 2.29. The lowest BCUT2D eigenvalue weighted by Gasteiger charge is -2.27. The largest absolute Gasteiger partial charge is 0.343 e. The molecule has 1 aliphatic rings.